The summed E-state index contributed by atoms with van der Waals surface area (Å²) in [5.74, 6) is 1.74. The third-order valence-corrected chi connectivity index (χ3v) is 4.45. The van der Waals surface area contributed by atoms with Gasteiger partial charge in [0.25, 0.3) is 0 Å². The van der Waals surface area contributed by atoms with Crippen molar-refractivity contribution in [1.82, 2.24) is 0 Å². The number of hydrogen-bond donors (Lipinski definition) is 1. The molecule has 0 amide bonds. The van der Waals surface area contributed by atoms with E-state index in [0.717, 1.165) is 17.4 Å². The highest BCUT2D eigenvalue weighted by Crippen LogP contribution is 2.37. The Kier molecular flexibility index (Phi) is 5.25. The Balaban J connectivity index is 1.84. The van der Waals surface area contributed by atoms with E-state index in [4.69, 9.17) is 5.11 Å². The van der Waals surface area contributed by atoms with Crippen LogP contribution in [0.1, 0.15) is 68.9 Å². The van der Waals surface area contributed by atoms with Gasteiger partial charge in [-0.2, -0.15) is 0 Å². The van der Waals surface area contributed by atoms with Crippen LogP contribution in [0.25, 0.3) is 0 Å². The summed E-state index contributed by atoms with van der Waals surface area (Å²) in [6.45, 7) is 2.44. The van der Waals surface area contributed by atoms with Crippen LogP contribution in [-0.2, 0) is 6.61 Å². The monoisotopic (exact) mass is 246 g/mol. The lowest BCUT2D eigenvalue weighted by molar-refractivity contribution is 0.281. The number of hydrogen-bond acceptors (Lipinski definition) is 1. The third kappa shape index (κ3) is 3.58. The first-order valence-electron chi connectivity index (χ1n) is 7.53. The van der Waals surface area contributed by atoms with Gasteiger partial charge < -0.3 is 5.11 Å². The van der Waals surface area contributed by atoms with E-state index >= 15 is 0 Å². The van der Waals surface area contributed by atoms with Gasteiger partial charge in [-0.3, -0.25) is 0 Å². The fraction of sp³-hybridized carbons (Fsp3) is 0.647. The van der Waals surface area contributed by atoms with Gasteiger partial charge in [-0.1, -0.05) is 50.5 Å². The minimum atomic E-state index is 0.157. The van der Waals surface area contributed by atoms with E-state index in [1.807, 2.05) is 0 Å². The van der Waals surface area contributed by atoms with Crippen LogP contribution in [0.15, 0.2) is 24.3 Å². The van der Waals surface area contributed by atoms with E-state index in [0.29, 0.717) is 0 Å². The highest BCUT2D eigenvalue weighted by atomic mass is 16.3. The molecule has 100 valence electrons. The largest absolute Gasteiger partial charge is 0.392 e. The molecule has 0 heterocycles. The summed E-state index contributed by atoms with van der Waals surface area (Å²) < 4.78 is 0. The average Bonchev–Trinajstić information content (AvgIpc) is 2.46. The molecule has 1 saturated carbocycles. The van der Waals surface area contributed by atoms with Crippen molar-refractivity contribution in [3.8, 4) is 0 Å². The van der Waals surface area contributed by atoms with Crippen molar-refractivity contribution in [2.45, 2.75) is 64.4 Å². The zero-order chi connectivity index (χ0) is 12.8. The van der Waals surface area contributed by atoms with Crippen molar-refractivity contribution < 1.29 is 5.11 Å². The van der Waals surface area contributed by atoms with Gasteiger partial charge in [0.1, 0.15) is 0 Å². The second-order valence-corrected chi connectivity index (χ2v) is 5.76. The summed E-state index contributed by atoms with van der Waals surface area (Å²) in [5.41, 5.74) is 2.50. The average molecular weight is 246 g/mol. The summed E-state index contributed by atoms with van der Waals surface area (Å²) in [5, 5.41) is 9.06. The molecule has 0 radical (unpaired) electrons. The van der Waals surface area contributed by atoms with E-state index in [-0.39, 0.29) is 6.61 Å². The number of aliphatic hydroxyl groups is 1. The van der Waals surface area contributed by atoms with Gasteiger partial charge in [0.05, 0.1) is 6.61 Å². The molecule has 1 aromatic rings. The second kappa shape index (κ2) is 6.94. The van der Waals surface area contributed by atoms with E-state index in [9.17, 15) is 0 Å². The summed E-state index contributed by atoms with van der Waals surface area (Å²) in [7, 11) is 0. The highest BCUT2D eigenvalue weighted by Gasteiger charge is 2.21. The minimum absolute atomic E-state index is 0.157. The van der Waals surface area contributed by atoms with Crippen molar-refractivity contribution in [3.05, 3.63) is 35.4 Å². The Labute approximate surface area is 111 Å². The number of unbranched alkanes of at least 4 members (excludes halogenated alkanes) is 1. The molecule has 0 aliphatic heterocycles. The first kappa shape index (κ1) is 13.6. The van der Waals surface area contributed by atoms with Crippen LogP contribution in [0.4, 0.5) is 0 Å². The van der Waals surface area contributed by atoms with Gasteiger partial charge in [0.2, 0.25) is 0 Å². The fourth-order valence-corrected chi connectivity index (χ4v) is 3.17. The van der Waals surface area contributed by atoms with Crippen LogP contribution in [0.5, 0.6) is 0 Å². The Morgan fingerprint density at radius 1 is 1.06 bits per heavy atom. The topological polar surface area (TPSA) is 20.2 Å². The summed E-state index contributed by atoms with van der Waals surface area (Å²) in [4.78, 5) is 0. The fourth-order valence-electron chi connectivity index (χ4n) is 3.17. The maximum absolute atomic E-state index is 9.06. The zero-order valence-electron chi connectivity index (χ0n) is 11.6. The van der Waals surface area contributed by atoms with Gasteiger partial charge in [0.15, 0.2) is 0 Å². The van der Waals surface area contributed by atoms with Crippen molar-refractivity contribution >= 4 is 0 Å². The van der Waals surface area contributed by atoms with Crippen molar-refractivity contribution in [3.63, 3.8) is 0 Å². The molecule has 1 aliphatic carbocycles. The first-order chi connectivity index (χ1) is 8.83. The molecule has 0 atom stereocenters. The quantitative estimate of drug-likeness (QED) is 0.802. The molecule has 0 aromatic heterocycles. The van der Waals surface area contributed by atoms with Crippen LogP contribution >= 0.6 is 0 Å². The molecule has 2 rings (SSSR count). The Bertz CT molecular complexity index is 333. The van der Waals surface area contributed by atoms with Crippen LogP contribution in [0, 0.1) is 5.92 Å². The predicted octanol–water partition coefficient (Wildman–Crippen LogP) is 4.64. The van der Waals surface area contributed by atoms with Crippen LogP contribution < -0.4 is 0 Å². The molecule has 1 aliphatic rings. The van der Waals surface area contributed by atoms with Crippen molar-refractivity contribution in [1.29, 1.82) is 0 Å². The molecular weight excluding hydrogens is 220 g/mol. The summed E-state index contributed by atoms with van der Waals surface area (Å²) in [6, 6.07) is 8.56. The Hall–Kier alpha value is -0.820. The summed E-state index contributed by atoms with van der Waals surface area (Å²) >= 11 is 0. The molecule has 1 aromatic carbocycles. The SMILES string of the molecule is CCCCC1CCC(c2ccc(CO)cc2)CC1. The predicted molar refractivity (Wildman–Crippen MR) is 76.6 cm³/mol. The van der Waals surface area contributed by atoms with E-state index in [2.05, 4.69) is 31.2 Å². The molecule has 0 bridgehead atoms. The lowest BCUT2D eigenvalue weighted by Crippen LogP contribution is -2.13. The van der Waals surface area contributed by atoms with E-state index in [1.54, 1.807) is 0 Å². The molecule has 1 N–H and O–H groups in total. The number of aliphatic hydroxyl groups excluding tert-OH is 1. The lowest BCUT2D eigenvalue weighted by Gasteiger charge is -2.28. The van der Waals surface area contributed by atoms with Gasteiger partial charge in [-0.25, -0.2) is 0 Å². The zero-order valence-corrected chi connectivity index (χ0v) is 11.6. The lowest BCUT2D eigenvalue weighted by atomic mass is 9.77. The maximum atomic E-state index is 9.06. The first-order valence-corrected chi connectivity index (χ1v) is 7.53. The molecule has 0 saturated heterocycles. The van der Waals surface area contributed by atoms with Gasteiger partial charge in [0, 0.05) is 0 Å². The highest BCUT2D eigenvalue weighted by molar-refractivity contribution is 5.25. The minimum Gasteiger partial charge on any atom is -0.392 e. The maximum Gasteiger partial charge on any atom is 0.0681 e. The number of benzene rings is 1. The smallest absolute Gasteiger partial charge is 0.0681 e. The normalized spacial score (nSPS) is 24.1. The number of rotatable bonds is 5. The third-order valence-electron chi connectivity index (χ3n) is 4.45. The van der Waals surface area contributed by atoms with Crippen LogP contribution in [0.3, 0.4) is 0 Å². The standard InChI is InChI=1S/C17H26O/c1-2-3-4-14-5-9-16(10-6-14)17-11-7-15(13-18)8-12-17/h7-8,11-12,14,16,18H,2-6,9-10,13H2,1H3. The molecule has 0 spiro atoms. The molecule has 0 unspecified atom stereocenters. The molecule has 1 fully saturated rings. The van der Waals surface area contributed by atoms with Crippen LogP contribution in [-0.4, -0.2) is 5.11 Å². The van der Waals surface area contributed by atoms with E-state index in [1.165, 1.54) is 50.5 Å². The molecule has 18 heavy (non-hydrogen) atoms. The van der Waals surface area contributed by atoms with Crippen LogP contribution in [0.2, 0.25) is 0 Å². The second-order valence-electron chi connectivity index (χ2n) is 5.76. The van der Waals surface area contributed by atoms with Gasteiger partial charge in [-0.15, -0.1) is 0 Å². The van der Waals surface area contributed by atoms with Crippen molar-refractivity contribution in [2.24, 2.45) is 5.92 Å². The Morgan fingerprint density at radius 3 is 2.28 bits per heavy atom. The van der Waals surface area contributed by atoms with Crippen molar-refractivity contribution in [2.75, 3.05) is 0 Å². The van der Waals surface area contributed by atoms with Gasteiger partial charge in [-0.05, 0) is 48.6 Å². The Morgan fingerprint density at radius 2 is 1.72 bits per heavy atom. The van der Waals surface area contributed by atoms with Gasteiger partial charge >= 0.3 is 0 Å². The molecule has 1 heteroatoms. The summed E-state index contributed by atoms with van der Waals surface area (Å²) in [6.07, 6.45) is 9.70. The van der Waals surface area contributed by atoms with E-state index < -0.39 is 0 Å². The molecule has 1 nitrogen and oxygen atoms in total. The molecular formula is C17H26O.